The standard InChI is InChI=1S/C23H31ClN4O6S/c1-4-13-11-15(25-20(13)24)21(30)26-14-8-9-28(12-17(14)34-5-2)23-27-18(19(35-23)22(31)32)16(29)7-6-10-33-3/h14,17H,4-12H2,1-3H3,(H,26,30)(H,31,32)/t14-,17+/m1/s1. The van der Waals surface area contributed by atoms with Crippen molar-refractivity contribution in [2.45, 2.75) is 58.1 Å². The number of carbonyl (C=O) groups excluding carboxylic acids is 2. The predicted octanol–water partition coefficient (Wildman–Crippen LogP) is 3.26. The number of aromatic nitrogens is 1. The number of piperidine rings is 1. The Balaban J connectivity index is 1.70. The largest absolute Gasteiger partial charge is 0.477 e. The molecule has 0 bridgehead atoms. The van der Waals surface area contributed by atoms with Gasteiger partial charge in [-0.2, -0.15) is 0 Å². The number of carbonyl (C=O) groups is 3. The van der Waals surface area contributed by atoms with Crippen LogP contribution in [0.5, 0.6) is 0 Å². The summed E-state index contributed by atoms with van der Waals surface area (Å²) >= 11 is 7.10. The quantitative estimate of drug-likeness (QED) is 0.241. The van der Waals surface area contributed by atoms with Crippen LogP contribution in [0.15, 0.2) is 15.7 Å². The van der Waals surface area contributed by atoms with E-state index in [0.717, 1.165) is 23.3 Å². The number of aliphatic imine (C=N–C) groups is 1. The number of hydrogen-bond donors (Lipinski definition) is 2. The highest BCUT2D eigenvalue weighted by Crippen LogP contribution is 2.31. The van der Waals surface area contributed by atoms with E-state index in [0.29, 0.717) is 61.6 Å². The average Bonchev–Trinajstić information content (AvgIpc) is 3.44. The summed E-state index contributed by atoms with van der Waals surface area (Å²) in [6.45, 7) is 5.62. The number of methoxy groups -OCH3 is 1. The van der Waals surface area contributed by atoms with Gasteiger partial charge in [-0.25, -0.2) is 14.8 Å². The normalized spacial score (nSPS) is 20.2. The van der Waals surface area contributed by atoms with E-state index >= 15 is 0 Å². The number of rotatable bonds is 12. The van der Waals surface area contributed by atoms with Crippen LogP contribution in [0.25, 0.3) is 0 Å². The molecule has 35 heavy (non-hydrogen) atoms. The molecule has 0 aromatic carbocycles. The molecule has 2 aliphatic heterocycles. The summed E-state index contributed by atoms with van der Waals surface area (Å²) < 4.78 is 10.9. The summed E-state index contributed by atoms with van der Waals surface area (Å²) in [6, 6.07) is -0.250. The highest BCUT2D eigenvalue weighted by molar-refractivity contribution is 7.17. The highest BCUT2D eigenvalue weighted by Gasteiger charge is 2.35. The number of ketones is 1. The van der Waals surface area contributed by atoms with Crippen molar-refractivity contribution >= 4 is 51.4 Å². The highest BCUT2D eigenvalue weighted by atomic mass is 35.5. The molecule has 2 aliphatic rings. The molecule has 0 aliphatic carbocycles. The molecule has 1 aromatic heterocycles. The van der Waals surface area contributed by atoms with Gasteiger partial charge < -0.3 is 24.8 Å². The minimum absolute atomic E-state index is 0.0210. The molecule has 2 N–H and O–H groups in total. The van der Waals surface area contributed by atoms with Gasteiger partial charge in [-0.15, -0.1) is 0 Å². The number of allylic oxidation sites excluding steroid dienone is 1. The number of Topliss-reactive ketones (excluding diaryl/α,β-unsaturated/α-hetero) is 1. The maximum absolute atomic E-state index is 12.8. The number of ether oxygens (including phenoxy) is 2. The van der Waals surface area contributed by atoms with Crippen molar-refractivity contribution in [2.24, 2.45) is 4.99 Å². The molecule has 1 fully saturated rings. The zero-order valence-corrected chi connectivity index (χ0v) is 21.7. The maximum Gasteiger partial charge on any atom is 0.348 e. The number of anilines is 1. The van der Waals surface area contributed by atoms with Gasteiger partial charge in [0.1, 0.15) is 21.4 Å². The molecule has 3 heterocycles. The van der Waals surface area contributed by atoms with E-state index in [1.54, 1.807) is 7.11 Å². The van der Waals surface area contributed by atoms with Crippen LogP contribution < -0.4 is 10.2 Å². The Hall–Kier alpha value is -2.34. The zero-order chi connectivity index (χ0) is 25.5. The number of carboxylic acids is 1. The fourth-order valence-electron chi connectivity index (χ4n) is 4.08. The van der Waals surface area contributed by atoms with Crippen LogP contribution in [0.3, 0.4) is 0 Å². The summed E-state index contributed by atoms with van der Waals surface area (Å²) in [4.78, 5) is 47.6. The molecule has 1 saturated heterocycles. The van der Waals surface area contributed by atoms with Gasteiger partial charge in [-0.3, -0.25) is 9.59 Å². The number of hydrogen-bond acceptors (Lipinski definition) is 9. The Morgan fingerprint density at radius 3 is 2.71 bits per heavy atom. The third-order valence-corrected chi connectivity index (χ3v) is 7.40. The molecule has 2 atom stereocenters. The van der Waals surface area contributed by atoms with Gasteiger partial charge in [0.05, 0.1) is 12.1 Å². The minimum Gasteiger partial charge on any atom is -0.477 e. The van der Waals surface area contributed by atoms with Crippen LogP contribution >= 0.6 is 22.9 Å². The second-order valence-corrected chi connectivity index (χ2v) is 9.63. The van der Waals surface area contributed by atoms with Gasteiger partial charge in [0.15, 0.2) is 10.9 Å². The molecular weight excluding hydrogens is 496 g/mol. The number of halogens is 1. The first kappa shape index (κ1) is 27.3. The lowest BCUT2D eigenvalue weighted by molar-refractivity contribution is -0.117. The summed E-state index contributed by atoms with van der Waals surface area (Å²) in [5, 5.41) is 13.5. The molecule has 192 valence electrons. The Morgan fingerprint density at radius 1 is 1.31 bits per heavy atom. The number of nitrogens with zero attached hydrogens (tertiary/aromatic N) is 3. The maximum atomic E-state index is 12.8. The molecule has 0 spiro atoms. The lowest BCUT2D eigenvalue weighted by Crippen LogP contribution is -2.56. The lowest BCUT2D eigenvalue weighted by atomic mass is 10.0. The minimum atomic E-state index is -1.18. The van der Waals surface area contributed by atoms with Crippen molar-refractivity contribution in [3.8, 4) is 0 Å². The second kappa shape index (κ2) is 12.6. The van der Waals surface area contributed by atoms with E-state index in [9.17, 15) is 19.5 Å². The topological polar surface area (TPSA) is 130 Å². The lowest BCUT2D eigenvalue weighted by Gasteiger charge is -2.38. The number of nitrogens with one attached hydrogen (secondary N) is 1. The predicted molar refractivity (Wildman–Crippen MR) is 134 cm³/mol. The Morgan fingerprint density at radius 2 is 2.09 bits per heavy atom. The van der Waals surface area contributed by atoms with Crippen LogP contribution in [0, 0.1) is 0 Å². The zero-order valence-electron chi connectivity index (χ0n) is 20.1. The number of aromatic carboxylic acids is 1. The van der Waals surface area contributed by atoms with E-state index < -0.39 is 5.97 Å². The van der Waals surface area contributed by atoms with E-state index in [-0.39, 0.29) is 40.8 Å². The van der Waals surface area contributed by atoms with Crippen LogP contribution in [0.4, 0.5) is 5.13 Å². The first-order valence-corrected chi connectivity index (χ1v) is 12.9. The molecule has 0 unspecified atom stereocenters. The number of amides is 1. The molecule has 0 radical (unpaired) electrons. The van der Waals surface area contributed by atoms with E-state index in [2.05, 4.69) is 15.3 Å². The van der Waals surface area contributed by atoms with Crippen molar-refractivity contribution < 1.29 is 29.0 Å². The van der Waals surface area contributed by atoms with Crippen LogP contribution in [-0.4, -0.2) is 79.0 Å². The van der Waals surface area contributed by atoms with Crippen molar-refractivity contribution in [3.05, 3.63) is 21.3 Å². The molecule has 12 heteroatoms. The van der Waals surface area contributed by atoms with Gasteiger partial charge in [-0.05, 0) is 31.8 Å². The monoisotopic (exact) mass is 526 g/mol. The van der Waals surface area contributed by atoms with Crippen molar-refractivity contribution in [1.82, 2.24) is 10.3 Å². The summed E-state index contributed by atoms with van der Waals surface area (Å²) in [5.74, 6) is -1.76. The van der Waals surface area contributed by atoms with Crippen LogP contribution in [0.2, 0.25) is 0 Å². The fraction of sp³-hybridized carbons (Fsp3) is 0.609. The van der Waals surface area contributed by atoms with Gasteiger partial charge in [0.25, 0.3) is 5.91 Å². The van der Waals surface area contributed by atoms with E-state index in [4.69, 9.17) is 21.1 Å². The molecule has 0 saturated carbocycles. The first-order chi connectivity index (χ1) is 16.8. The van der Waals surface area contributed by atoms with Crippen molar-refractivity contribution in [3.63, 3.8) is 0 Å². The summed E-state index contributed by atoms with van der Waals surface area (Å²) in [5.41, 5.74) is 1.32. The Kier molecular flexibility index (Phi) is 9.79. The van der Waals surface area contributed by atoms with Gasteiger partial charge in [0, 0.05) is 46.3 Å². The number of thiazole rings is 1. The van der Waals surface area contributed by atoms with E-state index in [1.165, 1.54) is 0 Å². The number of carboxylic acid groups (broad SMARTS) is 1. The van der Waals surface area contributed by atoms with Gasteiger partial charge in [-0.1, -0.05) is 29.9 Å². The van der Waals surface area contributed by atoms with Crippen LogP contribution in [-0.2, 0) is 14.3 Å². The molecule has 10 nitrogen and oxygen atoms in total. The Labute approximate surface area is 213 Å². The molecule has 3 rings (SSSR count). The smallest absolute Gasteiger partial charge is 0.348 e. The third kappa shape index (κ3) is 6.66. The summed E-state index contributed by atoms with van der Waals surface area (Å²) in [7, 11) is 1.55. The average molecular weight is 527 g/mol. The molecule has 1 aromatic rings. The van der Waals surface area contributed by atoms with Crippen LogP contribution in [0.1, 0.15) is 66.1 Å². The Bertz CT molecular complexity index is 1020. The van der Waals surface area contributed by atoms with Crippen molar-refractivity contribution in [2.75, 3.05) is 38.3 Å². The molecule has 1 amide bonds. The third-order valence-electron chi connectivity index (χ3n) is 5.95. The van der Waals surface area contributed by atoms with Gasteiger partial charge in [0.2, 0.25) is 0 Å². The fourth-order valence-corrected chi connectivity index (χ4v) is 5.34. The van der Waals surface area contributed by atoms with E-state index in [1.807, 2.05) is 18.7 Å². The molecular formula is C23H31ClN4O6S. The van der Waals surface area contributed by atoms with Crippen molar-refractivity contribution in [1.29, 1.82) is 0 Å². The van der Waals surface area contributed by atoms with Gasteiger partial charge >= 0.3 is 5.97 Å². The second-order valence-electron chi connectivity index (χ2n) is 8.29. The first-order valence-electron chi connectivity index (χ1n) is 11.7. The summed E-state index contributed by atoms with van der Waals surface area (Å²) in [6.07, 6.45) is 2.05. The SMILES string of the molecule is CCO[C@H]1CN(c2nc(C(=O)CCCOC)c(C(=O)O)s2)CC[C@H]1NC(=O)C1=NC(Cl)=C(CC)C1.